The van der Waals surface area contributed by atoms with Gasteiger partial charge in [-0.25, -0.2) is 5.43 Å². The average molecular weight is 216 g/mol. The molecule has 2 heteroatoms. The summed E-state index contributed by atoms with van der Waals surface area (Å²) in [7, 11) is 0. The fourth-order valence-corrected chi connectivity index (χ4v) is 1.87. The van der Waals surface area contributed by atoms with Crippen LogP contribution in [0.25, 0.3) is 0 Å². The van der Waals surface area contributed by atoms with Crippen LogP contribution in [-0.4, -0.2) is 0 Å². The van der Waals surface area contributed by atoms with Crippen LogP contribution in [0.5, 0.6) is 0 Å². The van der Waals surface area contributed by atoms with Crippen LogP contribution in [0.15, 0.2) is 36.5 Å². The summed E-state index contributed by atoms with van der Waals surface area (Å²) in [5, 5.41) is 0. The Bertz CT molecular complexity index is 352. The molecule has 0 aliphatic carbocycles. The first-order valence-electron chi connectivity index (χ1n) is 6.02. The van der Waals surface area contributed by atoms with E-state index in [1.54, 1.807) is 0 Å². The molecule has 0 saturated carbocycles. The number of hydrogen-bond acceptors (Lipinski definition) is 2. The maximum atomic E-state index is 3.18. The van der Waals surface area contributed by atoms with Gasteiger partial charge in [-0.3, -0.25) is 0 Å². The fourth-order valence-electron chi connectivity index (χ4n) is 1.87. The van der Waals surface area contributed by atoms with E-state index in [4.69, 9.17) is 0 Å². The molecule has 0 bridgehead atoms. The third-order valence-electron chi connectivity index (χ3n) is 2.96. The van der Waals surface area contributed by atoms with Crippen molar-refractivity contribution in [1.29, 1.82) is 0 Å². The van der Waals surface area contributed by atoms with Gasteiger partial charge in [-0.2, -0.15) is 0 Å². The molecule has 1 unspecified atom stereocenters. The largest absolute Gasteiger partial charge is 0.328 e. The Morgan fingerprint density at radius 2 is 1.94 bits per heavy atom. The standard InChI is InChI=1S/C14H20N2/c1-11(2)3-4-12-5-7-13(8-6-12)14-9-10-15-16-14/h5-11,14-16H,3-4H2,1-2H3. The number of rotatable bonds is 4. The van der Waals surface area contributed by atoms with Crippen LogP contribution in [0.4, 0.5) is 0 Å². The second kappa shape index (κ2) is 5.17. The summed E-state index contributed by atoms with van der Waals surface area (Å²) in [6.07, 6.45) is 6.52. The topological polar surface area (TPSA) is 24.1 Å². The Kier molecular flexibility index (Phi) is 3.62. The van der Waals surface area contributed by atoms with E-state index in [0.29, 0.717) is 6.04 Å². The van der Waals surface area contributed by atoms with Crippen LogP contribution < -0.4 is 10.9 Å². The maximum Gasteiger partial charge on any atom is 0.0707 e. The predicted octanol–water partition coefficient (Wildman–Crippen LogP) is 2.94. The van der Waals surface area contributed by atoms with Crippen molar-refractivity contribution in [3.05, 3.63) is 47.7 Å². The number of hydrogen-bond donors (Lipinski definition) is 2. The molecule has 1 aromatic carbocycles. The zero-order valence-electron chi connectivity index (χ0n) is 10.0. The lowest BCUT2D eigenvalue weighted by atomic mass is 10.00. The van der Waals surface area contributed by atoms with Gasteiger partial charge in [0.05, 0.1) is 6.04 Å². The quantitative estimate of drug-likeness (QED) is 0.808. The van der Waals surface area contributed by atoms with Crippen LogP contribution >= 0.6 is 0 Å². The van der Waals surface area contributed by atoms with Gasteiger partial charge in [0.15, 0.2) is 0 Å². The SMILES string of the molecule is CC(C)CCc1ccc(C2C=CNN2)cc1. The molecular formula is C14H20N2. The number of hydrazine groups is 1. The molecule has 0 radical (unpaired) electrons. The minimum atomic E-state index is 0.319. The van der Waals surface area contributed by atoms with Gasteiger partial charge in [0.2, 0.25) is 0 Å². The van der Waals surface area contributed by atoms with Crippen molar-refractivity contribution in [2.45, 2.75) is 32.7 Å². The van der Waals surface area contributed by atoms with E-state index in [9.17, 15) is 0 Å². The maximum absolute atomic E-state index is 3.18. The van der Waals surface area contributed by atoms with Crippen molar-refractivity contribution in [2.24, 2.45) is 5.92 Å². The molecule has 0 fully saturated rings. The summed E-state index contributed by atoms with van der Waals surface area (Å²) in [6.45, 7) is 4.54. The minimum absolute atomic E-state index is 0.319. The van der Waals surface area contributed by atoms with Crippen LogP contribution in [-0.2, 0) is 6.42 Å². The summed E-state index contributed by atoms with van der Waals surface area (Å²) in [5.41, 5.74) is 8.93. The highest BCUT2D eigenvalue weighted by atomic mass is 15.4. The van der Waals surface area contributed by atoms with Crippen LogP contribution in [0.1, 0.15) is 37.4 Å². The zero-order chi connectivity index (χ0) is 11.4. The van der Waals surface area contributed by atoms with Gasteiger partial charge in [0.25, 0.3) is 0 Å². The fraction of sp³-hybridized carbons (Fsp3) is 0.429. The molecule has 0 aromatic heterocycles. The summed E-state index contributed by atoms with van der Waals surface area (Å²) < 4.78 is 0. The van der Waals surface area contributed by atoms with Gasteiger partial charge in [-0.15, -0.1) is 0 Å². The van der Waals surface area contributed by atoms with E-state index in [-0.39, 0.29) is 0 Å². The van der Waals surface area contributed by atoms with Crippen molar-refractivity contribution in [3.63, 3.8) is 0 Å². The van der Waals surface area contributed by atoms with Crippen molar-refractivity contribution < 1.29 is 0 Å². The highest BCUT2D eigenvalue weighted by molar-refractivity contribution is 5.28. The van der Waals surface area contributed by atoms with Crippen molar-refractivity contribution in [1.82, 2.24) is 10.9 Å². The normalized spacial score (nSPS) is 19.1. The molecule has 86 valence electrons. The molecule has 2 rings (SSSR count). The molecule has 1 aromatic rings. The molecule has 0 amide bonds. The smallest absolute Gasteiger partial charge is 0.0707 e. The molecule has 1 heterocycles. The Morgan fingerprint density at radius 3 is 2.50 bits per heavy atom. The lowest BCUT2D eigenvalue weighted by molar-refractivity contribution is 0.586. The van der Waals surface area contributed by atoms with Crippen molar-refractivity contribution >= 4 is 0 Å². The van der Waals surface area contributed by atoms with E-state index < -0.39 is 0 Å². The van der Waals surface area contributed by atoms with Gasteiger partial charge in [-0.05, 0) is 36.0 Å². The van der Waals surface area contributed by atoms with E-state index in [2.05, 4.69) is 55.0 Å². The number of nitrogens with one attached hydrogen (secondary N) is 2. The summed E-state index contributed by atoms with van der Waals surface area (Å²) in [5.74, 6) is 0.781. The zero-order valence-corrected chi connectivity index (χ0v) is 10.0. The van der Waals surface area contributed by atoms with Crippen molar-refractivity contribution in [2.75, 3.05) is 0 Å². The third-order valence-corrected chi connectivity index (χ3v) is 2.96. The van der Waals surface area contributed by atoms with Crippen LogP contribution in [0.3, 0.4) is 0 Å². The first-order chi connectivity index (χ1) is 7.75. The van der Waals surface area contributed by atoms with E-state index in [1.165, 1.54) is 24.0 Å². The van der Waals surface area contributed by atoms with Gasteiger partial charge < -0.3 is 5.43 Å². The molecule has 16 heavy (non-hydrogen) atoms. The molecule has 1 aliphatic rings. The van der Waals surface area contributed by atoms with Crippen LogP contribution in [0.2, 0.25) is 0 Å². The lowest BCUT2D eigenvalue weighted by Crippen LogP contribution is -2.24. The van der Waals surface area contributed by atoms with Gasteiger partial charge in [-0.1, -0.05) is 38.1 Å². The van der Waals surface area contributed by atoms with E-state index in [0.717, 1.165) is 5.92 Å². The summed E-state index contributed by atoms with van der Waals surface area (Å²) >= 11 is 0. The summed E-state index contributed by atoms with van der Waals surface area (Å²) in [6, 6.07) is 9.23. The van der Waals surface area contributed by atoms with Gasteiger partial charge >= 0.3 is 0 Å². The Hall–Kier alpha value is -1.28. The number of aryl methyl sites for hydroxylation is 1. The number of benzene rings is 1. The molecule has 1 aliphatic heterocycles. The lowest BCUT2D eigenvalue weighted by Gasteiger charge is -2.10. The summed E-state index contributed by atoms with van der Waals surface area (Å²) in [4.78, 5) is 0. The second-order valence-electron chi connectivity index (χ2n) is 4.80. The molecule has 0 spiro atoms. The predicted molar refractivity (Wildman–Crippen MR) is 67.8 cm³/mol. The third kappa shape index (κ3) is 2.86. The highest BCUT2D eigenvalue weighted by Gasteiger charge is 2.09. The molecule has 0 saturated heterocycles. The van der Waals surface area contributed by atoms with Crippen molar-refractivity contribution in [3.8, 4) is 0 Å². The minimum Gasteiger partial charge on any atom is -0.328 e. The van der Waals surface area contributed by atoms with Gasteiger partial charge in [0, 0.05) is 6.20 Å². The first-order valence-corrected chi connectivity index (χ1v) is 6.02. The molecule has 2 nitrogen and oxygen atoms in total. The van der Waals surface area contributed by atoms with E-state index in [1.807, 2.05) is 6.20 Å². The highest BCUT2D eigenvalue weighted by Crippen LogP contribution is 2.18. The molecule has 2 N–H and O–H groups in total. The van der Waals surface area contributed by atoms with Crippen LogP contribution in [0, 0.1) is 5.92 Å². The second-order valence-corrected chi connectivity index (χ2v) is 4.80. The van der Waals surface area contributed by atoms with E-state index >= 15 is 0 Å². The average Bonchev–Trinajstić information content (AvgIpc) is 2.80. The monoisotopic (exact) mass is 216 g/mol. The Morgan fingerprint density at radius 1 is 1.19 bits per heavy atom. The Balaban J connectivity index is 1.96. The molecule has 1 atom stereocenters. The van der Waals surface area contributed by atoms with Gasteiger partial charge in [0.1, 0.15) is 0 Å². The molecular weight excluding hydrogens is 196 g/mol. The first kappa shape index (κ1) is 11.2. The Labute approximate surface area is 97.7 Å².